The fourth-order valence-electron chi connectivity index (χ4n) is 1.27. The number of benzene rings is 1. The predicted molar refractivity (Wildman–Crippen MR) is 50.0 cm³/mol. The lowest BCUT2D eigenvalue weighted by Gasteiger charge is -2.14. The number of aliphatic hydroxyl groups excluding tert-OH is 1. The van der Waals surface area contributed by atoms with Gasteiger partial charge in [-0.1, -0.05) is 0 Å². The van der Waals surface area contributed by atoms with Gasteiger partial charge in [0.05, 0.1) is 24.3 Å². The Bertz CT molecular complexity index is 356. The van der Waals surface area contributed by atoms with Crippen LogP contribution in [0.25, 0.3) is 0 Å². The van der Waals surface area contributed by atoms with Crippen molar-refractivity contribution < 1.29 is 9.50 Å². The van der Waals surface area contributed by atoms with Crippen molar-refractivity contribution in [2.24, 2.45) is 0 Å². The lowest BCUT2D eigenvalue weighted by Crippen LogP contribution is -2.21. The van der Waals surface area contributed by atoms with Crippen LogP contribution in [-0.4, -0.2) is 18.8 Å². The molecule has 0 aliphatic rings. The molecule has 1 rings (SSSR count). The van der Waals surface area contributed by atoms with Gasteiger partial charge in [-0.3, -0.25) is 0 Å². The molecular weight excluding hydrogens is 183 g/mol. The van der Waals surface area contributed by atoms with Gasteiger partial charge in [-0.15, -0.1) is 0 Å². The number of nitrogens with zero attached hydrogens (tertiary/aromatic N) is 1. The Balaban J connectivity index is 3.16. The van der Waals surface area contributed by atoms with Crippen LogP contribution in [0, 0.1) is 17.1 Å². The molecule has 0 unspecified atom stereocenters. The van der Waals surface area contributed by atoms with Gasteiger partial charge in [0.1, 0.15) is 5.82 Å². The third kappa shape index (κ3) is 2.08. The van der Waals surface area contributed by atoms with Crippen molar-refractivity contribution in [1.82, 2.24) is 5.32 Å². The first-order valence-electron chi connectivity index (χ1n) is 4.20. The molecule has 0 spiro atoms. The molecule has 0 aromatic heterocycles. The van der Waals surface area contributed by atoms with Crippen molar-refractivity contribution in [3.8, 4) is 6.07 Å². The molecule has 0 fully saturated rings. The summed E-state index contributed by atoms with van der Waals surface area (Å²) in [4.78, 5) is 0. The summed E-state index contributed by atoms with van der Waals surface area (Å²) in [5.74, 6) is -0.410. The highest BCUT2D eigenvalue weighted by atomic mass is 19.1. The van der Waals surface area contributed by atoms with Gasteiger partial charge >= 0.3 is 0 Å². The highest BCUT2D eigenvalue weighted by Crippen LogP contribution is 2.18. The number of halogens is 1. The molecule has 4 heteroatoms. The lowest BCUT2D eigenvalue weighted by atomic mass is 10.0. The summed E-state index contributed by atoms with van der Waals surface area (Å²) in [5, 5.41) is 20.6. The van der Waals surface area contributed by atoms with E-state index in [4.69, 9.17) is 10.4 Å². The van der Waals surface area contributed by atoms with E-state index in [0.717, 1.165) is 0 Å². The Labute approximate surface area is 81.8 Å². The number of nitrogens with one attached hydrogen (secondary N) is 1. The van der Waals surface area contributed by atoms with Crippen LogP contribution in [0.5, 0.6) is 0 Å². The second kappa shape index (κ2) is 4.70. The van der Waals surface area contributed by atoms with Gasteiger partial charge in [0.2, 0.25) is 0 Å². The summed E-state index contributed by atoms with van der Waals surface area (Å²) >= 11 is 0. The molecule has 0 bridgehead atoms. The topological polar surface area (TPSA) is 56.0 Å². The van der Waals surface area contributed by atoms with Gasteiger partial charge in [0.15, 0.2) is 0 Å². The average molecular weight is 194 g/mol. The number of nitriles is 1. The van der Waals surface area contributed by atoms with Crippen molar-refractivity contribution in [3.63, 3.8) is 0 Å². The van der Waals surface area contributed by atoms with Gasteiger partial charge in [-0.25, -0.2) is 4.39 Å². The molecule has 0 radical (unpaired) electrons. The smallest absolute Gasteiger partial charge is 0.123 e. The van der Waals surface area contributed by atoms with Crippen LogP contribution in [0.1, 0.15) is 17.2 Å². The van der Waals surface area contributed by atoms with Crippen molar-refractivity contribution in [2.75, 3.05) is 13.7 Å². The summed E-state index contributed by atoms with van der Waals surface area (Å²) in [6.07, 6.45) is 0. The molecule has 0 amide bonds. The van der Waals surface area contributed by atoms with Crippen LogP contribution in [0.2, 0.25) is 0 Å². The number of hydrogen-bond acceptors (Lipinski definition) is 3. The summed E-state index contributed by atoms with van der Waals surface area (Å²) in [6.45, 7) is -0.172. The van der Waals surface area contributed by atoms with Crippen LogP contribution < -0.4 is 5.32 Å². The van der Waals surface area contributed by atoms with E-state index in [1.807, 2.05) is 6.07 Å². The maximum Gasteiger partial charge on any atom is 0.123 e. The molecule has 0 saturated heterocycles. The van der Waals surface area contributed by atoms with Crippen LogP contribution >= 0.6 is 0 Å². The minimum absolute atomic E-state index is 0.172. The fourth-order valence-corrected chi connectivity index (χ4v) is 1.27. The Morgan fingerprint density at radius 2 is 2.36 bits per heavy atom. The summed E-state index contributed by atoms with van der Waals surface area (Å²) in [5.41, 5.74) is 0.859. The Morgan fingerprint density at radius 1 is 1.64 bits per heavy atom. The summed E-state index contributed by atoms with van der Waals surface area (Å²) < 4.78 is 12.9. The molecular formula is C10H11FN2O. The first kappa shape index (κ1) is 10.6. The Morgan fingerprint density at radius 3 is 2.86 bits per heavy atom. The first-order valence-corrected chi connectivity index (χ1v) is 4.20. The zero-order valence-corrected chi connectivity index (χ0v) is 7.79. The van der Waals surface area contributed by atoms with Gasteiger partial charge < -0.3 is 10.4 Å². The normalized spacial score (nSPS) is 12.1. The Hall–Kier alpha value is -1.44. The Kier molecular flexibility index (Phi) is 3.57. The van der Waals surface area contributed by atoms with E-state index in [2.05, 4.69) is 5.32 Å². The second-order valence-electron chi connectivity index (χ2n) is 2.87. The highest BCUT2D eigenvalue weighted by Gasteiger charge is 2.13. The second-order valence-corrected chi connectivity index (χ2v) is 2.87. The molecule has 14 heavy (non-hydrogen) atoms. The fraction of sp³-hybridized carbons (Fsp3) is 0.300. The van der Waals surface area contributed by atoms with Crippen molar-refractivity contribution in [1.29, 1.82) is 5.26 Å². The third-order valence-electron chi connectivity index (χ3n) is 2.04. The van der Waals surface area contributed by atoms with E-state index in [0.29, 0.717) is 11.1 Å². The maximum atomic E-state index is 12.9. The van der Waals surface area contributed by atoms with Crippen molar-refractivity contribution in [2.45, 2.75) is 6.04 Å². The quantitative estimate of drug-likeness (QED) is 0.753. The van der Waals surface area contributed by atoms with Crippen molar-refractivity contribution in [3.05, 3.63) is 35.1 Å². The molecule has 0 aliphatic carbocycles. The van der Waals surface area contributed by atoms with Crippen LogP contribution in [-0.2, 0) is 0 Å². The van der Waals surface area contributed by atoms with E-state index in [1.54, 1.807) is 7.05 Å². The van der Waals surface area contributed by atoms with Gasteiger partial charge in [0, 0.05) is 0 Å². The standard InChI is InChI=1S/C10H11FN2O/c1-13-10(6-14)9-4-8(11)3-2-7(9)5-12/h2-4,10,13-14H,6H2,1H3/t10-/m0/s1. The summed E-state index contributed by atoms with van der Waals surface area (Å²) in [7, 11) is 1.65. The highest BCUT2D eigenvalue weighted by molar-refractivity contribution is 5.39. The van der Waals surface area contributed by atoms with E-state index >= 15 is 0 Å². The number of rotatable bonds is 3. The molecule has 0 saturated carbocycles. The summed E-state index contributed by atoms with van der Waals surface area (Å²) in [6, 6.07) is 5.45. The zero-order valence-electron chi connectivity index (χ0n) is 7.79. The predicted octanol–water partition coefficient (Wildman–Crippen LogP) is 0.950. The molecule has 1 aromatic rings. The minimum Gasteiger partial charge on any atom is -0.394 e. The molecule has 74 valence electrons. The van der Waals surface area contributed by atoms with Crippen LogP contribution in [0.4, 0.5) is 4.39 Å². The SMILES string of the molecule is CN[C@@H](CO)c1cc(F)ccc1C#N. The van der Waals surface area contributed by atoms with E-state index in [-0.39, 0.29) is 6.61 Å². The van der Waals surface area contributed by atoms with Gasteiger partial charge in [-0.05, 0) is 30.8 Å². The largest absolute Gasteiger partial charge is 0.394 e. The first-order chi connectivity index (χ1) is 6.72. The van der Waals surface area contributed by atoms with Gasteiger partial charge in [0.25, 0.3) is 0 Å². The third-order valence-corrected chi connectivity index (χ3v) is 2.04. The maximum absolute atomic E-state index is 12.9. The van der Waals surface area contributed by atoms with E-state index in [1.165, 1.54) is 18.2 Å². The average Bonchev–Trinajstić information content (AvgIpc) is 2.20. The van der Waals surface area contributed by atoms with E-state index in [9.17, 15) is 4.39 Å². The van der Waals surface area contributed by atoms with Crippen molar-refractivity contribution >= 4 is 0 Å². The number of hydrogen-bond donors (Lipinski definition) is 2. The number of likely N-dealkylation sites (N-methyl/N-ethyl adjacent to an activating group) is 1. The van der Waals surface area contributed by atoms with E-state index < -0.39 is 11.9 Å². The molecule has 3 nitrogen and oxygen atoms in total. The monoisotopic (exact) mass is 194 g/mol. The number of aliphatic hydroxyl groups is 1. The minimum atomic E-state index is -0.410. The molecule has 0 aliphatic heterocycles. The molecule has 1 aromatic carbocycles. The lowest BCUT2D eigenvalue weighted by molar-refractivity contribution is 0.250. The molecule has 0 heterocycles. The van der Waals surface area contributed by atoms with Crippen LogP contribution in [0.15, 0.2) is 18.2 Å². The molecule has 1 atom stereocenters. The van der Waals surface area contributed by atoms with Crippen LogP contribution in [0.3, 0.4) is 0 Å². The zero-order chi connectivity index (χ0) is 10.6. The van der Waals surface area contributed by atoms with Gasteiger partial charge in [-0.2, -0.15) is 5.26 Å². The molecule has 2 N–H and O–H groups in total.